The smallest absolute Gasteiger partial charge is 0.223 e. The van der Waals surface area contributed by atoms with Gasteiger partial charge in [-0.1, -0.05) is 26.0 Å². The van der Waals surface area contributed by atoms with Gasteiger partial charge in [0, 0.05) is 24.1 Å². The van der Waals surface area contributed by atoms with Crippen molar-refractivity contribution in [1.82, 2.24) is 5.32 Å². The highest BCUT2D eigenvalue weighted by Crippen LogP contribution is 2.67. The monoisotopic (exact) mass is 355 g/mol. The molecule has 0 bridgehead atoms. The van der Waals surface area contributed by atoms with Crippen LogP contribution in [0.4, 0.5) is 0 Å². The van der Waals surface area contributed by atoms with Gasteiger partial charge in [0.05, 0.1) is 5.70 Å². The molecule has 0 radical (unpaired) electrons. The van der Waals surface area contributed by atoms with E-state index in [-0.39, 0.29) is 28.2 Å². The molecule has 4 unspecified atom stereocenters. The van der Waals surface area contributed by atoms with E-state index in [9.17, 15) is 9.59 Å². The third-order valence-electron chi connectivity index (χ3n) is 8.08. The molecule has 0 spiro atoms. The number of hydrogen-bond donors (Lipinski definition) is 1. The second-order valence-corrected chi connectivity index (χ2v) is 9.20. The van der Waals surface area contributed by atoms with Gasteiger partial charge >= 0.3 is 0 Å². The second-order valence-electron chi connectivity index (χ2n) is 9.20. The number of carbonyl (C=O) groups is 2. The Kier molecular flexibility index (Phi) is 3.61. The lowest BCUT2D eigenvalue weighted by Crippen LogP contribution is -2.62. The molecular formula is C22H29NO3. The molecule has 0 saturated heterocycles. The number of allylic oxidation sites excluding steroid dienone is 3. The molecule has 0 aromatic heterocycles. The van der Waals surface area contributed by atoms with Gasteiger partial charge in [0.1, 0.15) is 5.60 Å². The zero-order valence-corrected chi connectivity index (χ0v) is 16.3. The summed E-state index contributed by atoms with van der Waals surface area (Å²) in [7, 11) is 1.68. The molecule has 1 aliphatic heterocycles. The van der Waals surface area contributed by atoms with Crippen LogP contribution in [0, 0.1) is 16.7 Å². The molecule has 140 valence electrons. The van der Waals surface area contributed by atoms with E-state index in [0.717, 1.165) is 32.1 Å². The van der Waals surface area contributed by atoms with Gasteiger partial charge in [0.25, 0.3) is 0 Å². The lowest BCUT2D eigenvalue weighted by Gasteiger charge is -2.64. The number of fused-ring (bicyclic) bond motifs is 3. The third-order valence-corrected chi connectivity index (χ3v) is 8.08. The Bertz CT molecular complexity index is 791. The molecule has 0 aromatic rings. The topological polar surface area (TPSA) is 55.4 Å². The van der Waals surface area contributed by atoms with Gasteiger partial charge in [-0.2, -0.15) is 0 Å². The molecule has 4 nitrogen and oxygen atoms in total. The zero-order valence-electron chi connectivity index (χ0n) is 16.3. The highest BCUT2D eigenvalue weighted by Gasteiger charge is 2.64. The standard InChI is InChI=1S/C22H29NO3/c1-13-7-6-8-17-20(13,2)9-10-22(4)21(17,3)12-14-18(25)15(23-5)11-16(24)19(14)26-22/h11,17,23H,1,6-10,12H2,2-5H3. The summed E-state index contributed by atoms with van der Waals surface area (Å²) in [5.41, 5.74) is 1.76. The van der Waals surface area contributed by atoms with Crippen LogP contribution < -0.4 is 5.32 Å². The summed E-state index contributed by atoms with van der Waals surface area (Å²) < 4.78 is 6.40. The Morgan fingerprint density at radius 3 is 2.65 bits per heavy atom. The van der Waals surface area contributed by atoms with E-state index in [0.29, 0.717) is 23.6 Å². The summed E-state index contributed by atoms with van der Waals surface area (Å²) in [6.07, 6.45) is 7.27. The minimum atomic E-state index is -0.422. The molecule has 0 aromatic carbocycles. The highest BCUT2D eigenvalue weighted by molar-refractivity contribution is 6.21. The van der Waals surface area contributed by atoms with E-state index < -0.39 is 5.60 Å². The first-order valence-electron chi connectivity index (χ1n) is 9.75. The van der Waals surface area contributed by atoms with Crippen molar-refractivity contribution in [3.63, 3.8) is 0 Å². The summed E-state index contributed by atoms with van der Waals surface area (Å²) in [5.74, 6) is 0.420. The fourth-order valence-corrected chi connectivity index (χ4v) is 6.10. The second kappa shape index (κ2) is 5.34. The quantitative estimate of drug-likeness (QED) is 0.574. The van der Waals surface area contributed by atoms with Gasteiger partial charge in [-0.15, -0.1) is 0 Å². The number of nitrogens with one attached hydrogen (secondary N) is 1. The number of ether oxygens (including phenoxy) is 1. The molecular weight excluding hydrogens is 326 g/mol. The first kappa shape index (κ1) is 17.6. The van der Waals surface area contributed by atoms with E-state index in [1.165, 1.54) is 11.6 Å². The van der Waals surface area contributed by atoms with Crippen molar-refractivity contribution in [2.75, 3.05) is 7.05 Å². The molecule has 0 amide bonds. The third kappa shape index (κ3) is 2.02. The molecule has 4 aliphatic rings. The van der Waals surface area contributed by atoms with Crippen molar-refractivity contribution < 1.29 is 14.3 Å². The van der Waals surface area contributed by atoms with Crippen LogP contribution in [-0.2, 0) is 14.3 Å². The maximum atomic E-state index is 12.9. The lowest BCUT2D eigenvalue weighted by molar-refractivity contribution is -0.191. The molecule has 26 heavy (non-hydrogen) atoms. The zero-order chi connectivity index (χ0) is 18.9. The van der Waals surface area contributed by atoms with Crippen LogP contribution >= 0.6 is 0 Å². The number of carbonyl (C=O) groups excluding carboxylic acids is 2. The first-order chi connectivity index (χ1) is 12.2. The summed E-state index contributed by atoms with van der Waals surface area (Å²) >= 11 is 0. The Morgan fingerprint density at radius 2 is 1.96 bits per heavy atom. The van der Waals surface area contributed by atoms with E-state index >= 15 is 0 Å². The largest absolute Gasteiger partial charge is 0.482 e. The summed E-state index contributed by atoms with van der Waals surface area (Å²) in [6.45, 7) is 11.2. The van der Waals surface area contributed by atoms with Crippen LogP contribution in [-0.4, -0.2) is 24.2 Å². The summed E-state index contributed by atoms with van der Waals surface area (Å²) in [6, 6.07) is 0. The van der Waals surface area contributed by atoms with Gasteiger partial charge in [-0.05, 0) is 56.8 Å². The van der Waals surface area contributed by atoms with Gasteiger partial charge in [-0.3, -0.25) is 9.59 Å². The summed E-state index contributed by atoms with van der Waals surface area (Å²) in [5, 5.41) is 2.87. The van der Waals surface area contributed by atoms with Crippen LogP contribution in [0.5, 0.6) is 0 Å². The van der Waals surface area contributed by atoms with Crippen molar-refractivity contribution >= 4 is 11.6 Å². The molecule has 1 heterocycles. The van der Waals surface area contributed by atoms with Crippen LogP contribution in [0.1, 0.15) is 59.3 Å². The van der Waals surface area contributed by atoms with Gasteiger partial charge in [0.15, 0.2) is 5.76 Å². The maximum Gasteiger partial charge on any atom is 0.223 e. The highest BCUT2D eigenvalue weighted by atomic mass is 16.5. The van der Waals surface area contributed by atoms with E-state index in [2.05, 4.69) is 32.7 Å². The van der Waals surface area contributed by atoms with Crippen LogP contribution in [0.15, 0.2) is 35.3 Å². The molecule has 4 rings (SSSR count). The van der Waals surface area contributed by atoms with Gasteiger partial charge in [-0.25, -0.2) is 0 Å². The fourth-order valence-electron chi connectivity index (χ4n) is 6.10. The predicted octanol–water partition coefficient (Wildman–Crippen LogP) is 3.84. The van der Waals surface area contributed by atoms with Crippen LogP contribution in [0.3, 0.4) is 0 Å². The van der Waals surface area contributed by atoms with E-state index in [1.807, 2.05) is 0 Å². The molecule has 1 N–H and O–H groups in total. The van der Waals surface area contributed by atoms with Crippen molar-refractivity contribution in [2.45, 2.75) is 64.9 Å². The van der Waals surface area contributed by atoms with Crippen LogP contribution in [0.2, 0.25) is 0 Å². The summed E-state index contributed by atoms with van der Waals surface area (Å²) in [4.78, 5) is 25.5. The molecule has 4 heteroatoms. The van der Waals surface area contributed by atoms with Crippen molar-refractivity contribution in [3.05, 3.63) is 35.3 Å². The number of likely N-dealkylation sites (N-methyl/N-ethyl adjacent to an activating group) is 1. The van der Waals surface area contributed by atoms with Gasteiger partial charge in [0.2, 0.25) is 11.6 Å². The average Bonchev–Trinajstić information content (AvgIpc) is 2.60. The molecule has 4 atom stereocenters. The van der Waals surface area contributed by atoms with Crippen molar-refractivity contribution in [1.29, 1.82) is 0 Å². The Balaban J connectivity index is 1.82. The van der Waals surface area contributed by atoms with Crippen molar-refractivity contribution in [2.24, 2.45) is 16.7 Å². The first-order valence-corrected chi connectivity index (χ1v) is 9.75. The van der Waals surface area contributed by atoms with E-state index in [4.69, 9.17) is 4.74 Å². The SMILES string of the molecule is C=C1CCCC2C1(C)CCC1(C)OC3=C(CC21C)C(=O)C(NC)=CC3=O. The fraction of sp³-hybridized carbons (Fsp3) is 0.636. The number of ketones is 2. The van der Waals surface area contributed by atoms with Crippen molar-refractivity contribution in [3.8, 4) is 0 Å². The van der Waals surface area contributed by atoms with Crippen LogP contribution in [0.25, 0.3) is 0 Å². The predicted molar refractivity (Wildman–Crippen MR) is 100 cm³/mol. The average molecular weight is 355 g/mol. The Labute approximate surface area is 155 Å². The molecule has 2 saturated carbocycles. The molecule has 3 aliphatic carbocycles. The maximum absolute atomic E-state index is 12.9. The normalized spacial score (nSPS) is 42.4. The van der Waals surface area contributed by atoms with E-state index in [1.54, 1.807) is 7.05 Å². The minimum Gasteiger partial charge on any atom is -0.482 e. The molecule has 2 fully saturated rings. The Morgan fingerprint density at radius 1 is 1.23 bits per heavy atom. The number of Topliss-reactive ketones (excluding diaryl/α,β-unsaturated/α-hetero) is 1. The minimum absolute atomic E-state index is 0.0905. The Hall–Kier alpha value is -1.84. The van der Waals surface area contributed by atoms with Gasteiger partial charge < -0.3 is 10.1 Å². The number of rotatable bonds is 1. The number of hydrogen-bond acceptors (Lipinski definition) is 4. The lowest BCUT2D eigenvalue weighted by atomic mass is 9.44.